The van der Waals surface area contributed by atoms with Gasteiger partial charge in [0, 0.05) is 30.3 Å². The maximum atomic E-state index is 4.98. The number of rotatable bonds is 9. The van der Waals surface area contributed by atoms with Crippen LogP contribution < -0.4 is 9.80 Å². The van der Waals surface area contributed by atoms with Crippen molar-refractivity contribution in [2.45, 2.75) is 27.2 Å². The van der Waals surface area contributed by atoms with E-state index in [1.54, 1.807) is 12.2 Å². The number of nitrogens with zero attached hydrogens (tertiary/aromatic N) is 5. The molecular formula is C38H41N5. The molecule has 218 valence electrons. The predicted octanol–water partition coefficient (Wildman–Crippen LogP) is 9.39. The molecule has 1 aromatic heterocycles. The highest BCUT2D eigenvalue weighted by molar-refractivity contribution is 5.81. The molecule has 43 heavy (non-hydrogen) atoms. The molecule has 0 saturated carbocycles. The summed E-state index contributed by atoms with van der Waals surface area (Å²) in [6, 6.07) is 25.1. The second-order valence-electron chi connectivity index (χ2n) is 10.1. The molecule has 0 N–H and O–H groups in total. The minimum atomic E-state index is 0.667. The summed E-state index contributed by atoms with van der Waals surface area (Å²) in [5, 5.41) is 0. The molecule has 1 aliphatic heterocycles. The molecule has 0 fully saturated rings. The summed E-state index contributed by atoms with van der Waals surface area (Å²) in [4.78, 5) is 19.5. The Bertz CT molecular complexity index is 1610. The zero-order valence-electron chi connectivity index (χ0n) is 25.7. The molecule has 2 heterocycles. The fourth-order valence-corrected chi connectivity index (χ4v) is 4.80. The highest BCUT2D eigenvalue weighted by Gasteiger charge is 2.23. The molecular weight excluding hydrogens is 526 g/mol. The maximum absolute atomic E-state index is 4.98. The lowest BCUT2D eigenvalue weighted by Crippen LogP contribution is -2.28. The topological polar surface area (TPSA) is 45.2 Å². The second-order valence-corrected chi connectivity index (χ2v) is 10.1. The standard InChI is InChI=1S/C34H35N5.C4H6/c1-5-8-13-25(7-3)26-16-18-28(19-17-26)33-35-32(27-14-11-10-12-15-27)36-34(37-33)29-20-21-30-31(23-29)39(22-9-6-2)24-38(30)4;1-3-4-2/h6-21,23H,5,22,24H2,1-4H3;3-4H,1-2H2/b9-6-,13-8-,25-7+;. The fourth-order valence-electron chi connectivity index (χ4n) is 4.80. The summed E-state index contributed by atoms with van der Waals surface area (Å²) < 4.78 is 0. The van der Waals surface area contributed by atoms with Gasteiger partial charge in [0.25, 0.3) is 0 Å². The molecule has 5 nitrogen and oxygen atoms in total. The van der Waals surface area contributed by atoms with Gasteiger partial charge < -0.3 is 9.80 Å². The third kappa shape index (κ3) is 7.63. The Kier molecular flexibility index (Phi) is 11.0. The largest absolute Gasteiger partial charge is 0.355 e. The first-order chi connectivity index (χ1) is 21.0. The van der Waals surface area contributed by atoms with Crippen LogP contribution in [0, 0.1) is 0 Å². The van der Waals surface area contributed by atoms with E-state index >= 15 is 0 Å². The Hall–Kier alpha value is -5.03. The third-order valence-corrected chi connectivity index (χ3v) is 7.08. The number of aromatic nitrogens is 3. The number of fused-ring (bicyclic) bond motifs is 1. The van der Waals surface area contributed by atoms with Crippen molar-refractivity contribution >= 4 is 16.9 Å². The number of allylic oxidation sites excluding steroid dienone is 7. The van der Waals surface area contributed by atoms with E-state index in [1.165, 1.54) is 22.5 Å². The summed E-state index contributed by atoms with van der Waals surface area (Å²) in [5.41, 5.74) is 7.70. The predicted molar refractivity (Wildman–Crippen MR) is 185 cm³/mol. The minimum Gasteiger partial charge on any atom is -0.355 e. The van der Waals surface area contributed by atoms with E-state index in [0.29, 0.717) is 17.5 Å². The van der Waals surface area contributed by atoms with E-state index in [2.05, 4.69) is 124 Å². The van der Waals surface area contributed by atoms with Crippen LogP contribution in [0.1, 0.15) is 32.8 Å². The van der Waals surface area contributed by atoms with Crippen LogP contribution in [0.5, 0.6) is 0 Å². The summed E-state index contributed by atoms with van der Waals surface area (Å²) >= 11 is 0. The van der Waals surface area contributed by atoms with E-state index in [-0.39, 0.29) is 0 Å². The monoisotopic (exact) mass is 567 g/mol. The molecule has 0 radical (unpaired) electrons. The van der Waals surface area contributed by atoms with Gasteiger partial charge in [-0.25, -0.2) is 15.0 Å². The number of anilines is 2. The maximum Gasteiger partial charge on any atom is 0.164 e. The van der Waals surface area contributed by atoms with Crippen molar-refractivity contribution < 1.29 is 0 Å². The Labute approximate surface area is 257 Å². The lowest BCUT2D eigenvalue weighted by Gasteiger charge is -2.17. The first-order valence-corrected chi connectivity index (χ1v) is 14.7. The van der Waals surface area contributed by atoms with E-state index in [0.717, 1.165) is 36.3 Å². The van der Waals surface area contributed by atoms with E-state index < -0.39 is 0 Å². The molecule has 0 atom stereocenters. The zero-order valence-corrected chi connectivity index (χ0v) is 25.7. The summed E-state index contributed by atoms with van der Waals surface area (Å²) in [5.74, 6) is 2.01. The number of hydrogen-bond donors (Lipinski definition) is 0. The van der Waals surface area contributed by atoms with Crippen molar-refractivity contribution in [1.29, 1.82) is 0 Å². The Morgan fingerprint density at radius 3 is 1.95 bits per heavy atom. The first-order valence-electron chi connectivity index (χ1n) is 14.7. The van der Waals surface area contributed by atoms with Gasteiger partial charge in [-0.05, 0) is 49.6 Å². The lowest BCUT2D eigenvalue weighted by molar-refractivity contribution is 0.873. The molecule has 0 unspecified atom stereocenters. The summed E-state index contributed by atoms with van der Waals surface area (Å²) in [7, 11) is 2.13. The van der Waals surface area contributed by atoms with Gasteiger partial charge in [0.2, 0.25) is 0 Å². The van der Waals surface area contributed by atoms with Gasteiger partial charge in [-0.3, -0.25) is 0 Å². The van der Waals surface area contributed by atoms with Crippen molar-refractivity contribution in [3.05, 3.63) is 134 Å². The first kappa shape index (κ1) is 30.9. The van der Waals surface area contributed by atoms with Gasteiger partial charge in [0.15, 0.2) is 17.5 Å². The number of benzene rings is 3. The molecule has 0 amide bonds. The smallest absolute Gasteiger partial charge is 0.164 e. The molecule has 0 bridgehead atoms. The molecule has 0 spiro atoms. The normalized spacial score (nSPS) is 12.8. The van der Waals surface area contributed by atoms with Gasteiger partial charge in [0.1, 0.15) is 0 Å². The van der Waals surface area contributed by atoms with Crippen molar-refractivity contribution in [2.75, 3.05) is 30.1 Å². The van der Waals surface area contributed by atoms with Gasteiger partial charge in [-0.15, -0.1) is 0 Å². The van der Waals surface area contributed by atoms with Crippen LogP contribution in [-0.2, 0) is 0 Å². The van der Waals surface area contributed by atoms with Gasteiger partial charge in [0.05, 0.1) is 18.0 Å². The fraction of sp³-hybridized carbons (Fsp3) is 0.184. The highest BCUT2D eigenvalue weighted by Crippen LogP contribution is 2.38. The second kappa shape index (κ2) is 15.3. The molecule has 1 aliphatic rings. The zero-order chi connectivity index (χ0) is 30.6. The molecule has 0 saturated heterocycles. The van der Waals surface area contributed by atoms with Gasteiger partial charge in [-0.1, -0.05) is 117 Å². The van der Waals surface area contributed by atoms with Crippen LogP contribution in [0.25, 0.3) is 39.7 Å². The Morgan fingerprint density at radius 1 is 0.767 bits per heavy atom. The molecule has 3 aromatic carbocycles. The van der Waals surface area contributed by atoms with Crippen molar-refractivity contribution in [3.63, 3.8) is 0 Å². The molecule has 5 heteroatoms. The van der Waals surface area contributed by atoms with Crippen LogP contribution >= 0.6 is 0 Å². The number of hydrogen-bond acceptors (Lipinski definition) is 5. The average Bonchev–Trinajstić information content (AvgIpc) is 3.38. The van der Waals surface area contributed by atoms with Crippen LogP contribution in [0.2, 0.25) is 0 Å². The SMILES string of the molecule is C/C=C\CN1CN(C)c2ccc(-c3nc(-c4ccccc4)nc(-c4ccc(C(/C=C\CC)=C/C)cc4)n3)cc21.C=CC=C. The summed E-state index contributed by atoms with van der Waals surface area (Å²) in [6.45, 7) is 14.7. The van der Waals surface area contributed by atoms with E-state index in [4.69, 9.17) is 15.0 Å². The van der Waals surface area contributed by atoms with E-state index in [1.807, 2.05) is 30.3 Å². The van der Waals surface area contributed by atoms with Crippen molar-refractivity contribution in [2.24, 2.45) is 0 Å². The quantitative estimate of drug-likeness (QED) is 0.149. The van der Waals surface area contributed by atoms with Crippen molar-refractivity contribution in [3.8, 4) is 34.2 Å². The van der Waals surface area contributed by atoms with Crippen LogP contribution in [0.3, 0.4) is 0 Å². The summed E-state index contributed by atoms with van der Waals surface area (Å²) in [6.07, 6.45) is 15.1. The van der Waals surface area contributed by atoms with Crippen molar-refractivity contribution in [1.82, 2.24) is 15.0 Å². The third-order valence-electron chi connectivity index (χ3n) is 7.08. The highest BCUT2D eigenvalue weighted by atomic mass is 15.4. The van der Waals surface area contributed by atoms with Crippen LogP contribution in [0.4, 0.5) is 11.4 Å². The molecule has 4 aromatic rings. The molecule has 5 rings (SSSR count). The lowest BCUT2D eigenvalue weighted by atomic mass is 10.0. The van der Waals surface area contributed by atoms with Gasteiger partial charge >= 0.3 is 0 Å². The van der Waals surface area contributed by atoms with Crippen LogP contribution in [0.15, 0.2) is 128 Å². The Morgan fingerprint density at radius 2 is 1.37 bits per heavy atom. The van der Waals surface area contributed by atoms with E-state index in [9.17, 15) is 0 Å². The average molecular weight is 568 g/mol. The molecule has 0 aliphatic carbocycles. The Balaban J connectivity index is 0.000000996. The van der Waals surface area contributed by atoms with Gasteiger partial charge in [-0.2, -0.15) is 0 Å². The van der Waals surface area contributed by atoms with Crippen LogP contribution in [-0.4, -0.2) is 35.2 Å². The minimum absolute atomic E-state index is 0.667.